The Hall–Kier alpha value is -0.160. The quantitative estimate of drug-likeness (QED) is 0.641. The van der Waals surface area contributed by atoms with Crippen LogP contribution in [0.4, 0.5) is 0 Å². The van der Waals surface area contributed by atoms with E-state index in [0.717, 1.165) is 44.3 Å². The molecule has 132 valence electrons. The molecule has 2 unspecified atom stereocenters. The summed E-state index contributed by atoms with van der Waals surface area (Å²) in [5, 5.41) is 0. The minimum atomic E-state index is 0.279. The van der Waals surface area contributed by atoms with Crippen molar-refractivity contribution in [1.82, 2.24) is 0 Å². The van der Waals surface area contributed by atoms with Gasteiger partial charge >= 0.3 is 0 Å². The summed E-state index contributed by atoms with van der Waals surface area (Å²) in [4.78, 5) is 0. The van der Waals surface area contributed by atoms with Gasteiger partial charge in [0.05, 0.1) is 0 Å². The van der Waals surface area contributed by atoms with Crippen LogP contribution in [0.15, 0.2) is 0 Å². The number of hydrogen-bond acceptors (Lipinski definition) is 4. The molecular weight excluding hydrogens is 272 g/mol. The predicted molar refractivity (Wildman–Crippen MR) is 96.3 cm³/mol. The largest absolute Gasteiger partial charge is 0.330 e. The normalized spacial score (nSPS) is 38.0. The van der Waals surface area contributed by atoms with Gasteiger partial charge in [0.25, 0.3) is 0 Å². The second kappa shape index (κ2) is 8.62. The Morgan fingerprint density at radius 3 is 1.59 bits per heavy atom. The fraction of sp³-hybridized carbons (Fsp3) is 1.00. The van der Waals surface area contributed by atoms with Gasteiger partial charge < -0.3 is 22.9 Å². The van der Waals surface area contributed by atoms with E-state index < -0.39 is 0 Å². The molecule has 0 bridgehead atoms. The van der Waals surface area contributed by atoms with Gasteiger partial charge in [-0.2, -0.15) is 0 Å². The van der Waals surface area contributed by atoms with Gasteiger partial charge in [0, 0.05) is 6.04 Å². The Balaban J connectivity index is 0.000000224. The van der Waals surface area contributed by atoms with E-state index in [1.165, 1.54) is 32.1 Å². The standard InChI is InChI=1S/C10H22N2.C8H18N2/c1-9(2)4-8(12)5-10(3,6-9)7-11;9-5-7-1-2-8(6-10)4-3-7/h8H,4-7,11-12H2,1-3H3;7-8H,1-6,9-10H2. The molecule has 0 spiro atoms. The summed E-state index contributed by atoms with van der Waals surface area (Å²) in [5.74, 6) is 1.59. The highest BCUT2D eigenvalue weighted by atomic mass is 14.7. The Labute approximate surface area is 137 Å². The molecule has 2 atom stereocenters. The smallest absolute Gasteiger partial charge is 0.00495 e. The zero-order valence-electron chi connectivity index (χ0n) is 15.1. The first-order chi connectivity index (χ1) is 10.2. The van der Waals surface area contributed by atoms with Gasteiger partial charge in [0.15, 0.2) is 0 Å². The summed E-state index contributed by atoms with van der Waals surface area (Å²) in [7, 11) is 0. The molecule has 0 aromatic heterocycles. The molecule has 2 fully saturated rings. The lowest BCUT2D eigenvalue weighted by molar-refractivity contribution is 0.0904. The Bertz CT molecular complexity index is 298. The lowest BCUT2D eigenvalue weighted by Gasteiger charge is -2.45. The monoisotopic (exact) mass is 312 g/mol. The van der Waals surface area contributed by atoms with Crippen molar-refractivity contribution in [2.45, 2.75) is 71.8 Å². The molecule has 4 nitrogen and oxygen atoms in total. The molecule has 0 heterocycles. The van der Waals surface area contributed by atoms with Gasteiger partial charge in [-0.05, 0) is 87.2 Å². The lowest BCUT2D eigenvalue weighted by atomic mass is 9.63. The highest BCUT2D eigenvalue weighted by molar-refractivity contribution is 4.93. The van der Waals surface area contributed by atoms with E-state index >= 15 is 0 Å². The maximum absolute atomic E-state index is 6.01. The maximum Gasteiger partial charge on any atom is 0.00495 e. The van der Waals surface area contributed by atoms with E-state index in [9.17, 15) is 0 Å². The third-order valence-electron chi connectivity index (χ3n) is 5.60. The van der Waals surface area contributed by atoms with Crippen LogP contribution in [0.25, 0.3) is 0 Å². The highest BCUT2D eigenvalue weighted by Crippen LogP contribution is 2.44. The van der Waals surface area contributed by atoms with E-state index in [1.807, 2.05) is 0 Å². The molecule has 2 aliphatic carbocycles. The minimum Gasteiger partial charge on any atom is -0.330 e. The van der Waals surface area contributed by atoms with E-state index in [0.29, 0.717) is 11.5 Å². The molecular formula is C18H40N4. The molecule has 2 aliphatic rings. The Morgan fingerprint density at radius 1 is 0.818 bits per heavy atom. The molecule has 0 radical (unpaired) electrons. The van der Waals surface area contributed by atoms with E-state index in [1.54, 1.807) is 0 Å². The lowest BCUT2D eigenvalue weighted by Crippen LogP contribution is -2.45. The van der Waals surface area contributed by atoms with Crippen LogP contribution >= 0.6 is 0 Å². The van der Waals surface area contributed by atoms with Crippen LogP contribution in [0.5, 0.6) is 0 Å². The molecule has 0 aromatic carbocycles. The summed E-state index contributed by atoms with van der Waals surface area (Å²) in [6.07, 6.45) is 8.66. The van der Waals surface area contributed by atoms with Crippen LogP contribution in [0, 0.1) is 22.7 Å². The molecule has 0 aromatic rings. The molecule has 0 aliphatic heterocycles. The van der Waals surface area contributed by atoms with Gasteiger partial charge in [0.1, 0.15) is 0 Å². The average molecular weight is 313 g/mol. The zero-order valence-corrected chi connectivity index (χ0v) is 15.1. The number of rotatable bonds is 3. The Kier molecular flexibility index (Phi) is 7.80. The molecule has 0 saturated heterocycles. The van der Waals surface area contributed by atoms with Crippen molar-refractivity contribution < 1.29 is 0 Å². The first-order valence-corrected chi connectivity index (χ1v) is 9.09. The third-order valence-corrected chi connectivity index (χ3v) is 5.60. The van der Waals surface area contributed by atoms with Crippen LogP contribution in [0.3, 0.4) is 0 Å². The minimum absolute atomic E-state index is 0.279. The van der Waals surface area contributed by atoms with Crippen LogP contribution in [0.1, 0.15) is 65.7 Å². The summed E-state index contributed by atoms with van der Waals surface area (Å²) in [5.41, 5.74) is 23.5. The van der Waals surface area contributed by atoms with Gasteiger partial charge in [-0.25, -0.2) is 0 Å². The van der Waals surface area contributed by atoms with Crippen molar-refractivity contribution in [1.29, 1.82) is 0 Å². The van der Waals surface area contributed by atoms with Gasteiger partial charge in [-0.1, -0.05) is 20.8 Å². The average Bonchev–Trinajstić information content (AvgIpc) is 2.45. The van der Waals surface area contributed by atoms with Crippen LogP contribution < -0.4 is 22.9 Å². The topological polar surface area (TPSA) is 104 Å². The highest BCUT2D eigenvalue weighted by Gasteiger charge is 2.38. The fourth-order valence-electron chi connectivity index (χ4n) is 4.57. The fourth-order valence-corrected chi connectivity index (χ4v) is 4.57. The van der Waals surface area contributed by atoms with Crippen molar-refractivity contribution in [3.63, 3.8) is 0 Å². The second-order valence-corrected chi connectivity index (χ2v) is 8.88. The van der Waals surface area contributed by atoms with Crippen molar-refractivity contribution in [3.8, 4) is 0 Å². The van der Waals surface area contributed by atoms with E-state index in [-0.39, 0.29) is 5.41 Å². The Morgan fingerprint density at radius 2 is 1.27 bits per heavy atom. The number of hydrogen-bond donors (Lipinski definition) is 4. The molecule has 4 heteroatoms. The summed E-state index contributed by atoms with van der Waals surface area (Å²) < 4.78 is 0. The van der Waals surface area contributed by atoms with E-state index in [4.69, 9.17) is 22.9 Å². The molecule has 2 saturated carbocycles. The molecule has 0 amide bonds. The van der Waals surface area contributed by atoms with Crippen LogP contribution in [0.2, 0.25) is 0 Å². The van der Waals surface area contributed by atoms with Gasteiger partial charge in [-0.15, -0.1) is 0 Å². The molecule has 2 rings (SSSR count). The summed E-state index contributed by atoms with van der Waals surface area (Å²) in [6.45, 7) is 9.35. The SMILES string of the molecule is CC1(C)CC(N)CC(C)(CN)C1.NCC1CCC(CN)CC1. The van der Waals surface area contributed by atoms with E-state index in [2.05, 4.69) is 20.8 Å². The third kappa shape index (κ3) is 6.53. The summed E-state index contributed by atoms with van der Waals surface area (Å²) in [6, 6.07) is 0.349. The van der Waals surface area contributed by atoms with Crippen molar-refractivity contribution in [2.75, 3.05) is 19.6 Å². The summed E-state index contributed by atoms with van der Waals surface area (Å²) >= 11 is 0. The van der Waals surface area contributed by atoms with Crippen LogP contribution in [-0.2, 0) is 0 Å². The van der Waals surface area contributed by atoms with Crippen LogP contribution in [-0.4, -0.2) is 25.7 Å². The first-order valence-electron chi connectivity index (χ1n) is 9.09. The van der Waals surface area contributed by atoms with Gasteiger partial charge in [0.2, 0.25) is 0 Å². The van der Waals surface area contributed by atoms with Crippen molar-refractivity contribution >= 4 is 0 Å². The number of nitrogens with two attached hydrogens (primary N) is 4. The maximum atomic E-state index is 6.01. The molecule has 22 heavy (non-hydrogen) atoms. The van der Waals surface area contributed by atoms with Crippen molar-refractivity contribution in [2.24, 2.45) is 45.6 Å². The molecule has 8 N–H and O–H groups in total. The van der Waals surface area contributed by atoms with Gasteiger partial charge in [-0.3, -0.25) is 0 Å². The second-order valence-electron chi connectivity index (χ2n) is 8.88. The predicted octanol–water partition coefficient (Wildman–Crippen LogP) is 2.20. The first kappa shape index (κ1) is 19.9. The van der Waals surface area contributed by atoms with Crippen molar-refractivity contribution in [3.05, 3.63) is 0 Å². The zero-order chi connectivity index (χ0) is 16.8.